The summed E-state index contributed by atoms with van der Waals surface area (Å²) < 4.78 is 19.6. The number of benzene rings is 2. The van der Waals surface area contributed by atoms with Crippen molar-refractivity contribution in [1.29, 1.82) is 0 Å². The lowest BCUT2D eigenvalue weighted by Gasteiger charge is -2.47. The van der Waals surface area contributed by atoms with Crippen LogP contribution in [0, 0.1) is 11.7 Å². The van der Waals surface area contributed by atoms with Gasteiger partial charge < -0.3 is 15.0 Å². The molecule has 3 unspecified atom stereocenters. The first kappa shape index (κ1) is 26.1. The number of hydrogen-bond donors (Lipinski definition) is 1. The van der Waals surface area contributed by atoms with Crippen molar-refractivity contribution < 1.29 is 13.9 Å². The van der Waals surface area contributed by atoms with E-state index in [-0.39, 0.29) is 24.2 Å². The normalized spacial score (nSPS) is 24.5. The molecule has 2 fully saturated rings. The summed E-state index contributed by atoms with van der Waals surface area (Å²) in [5.41, 5.74) is 1.24. The van der Waals surface area contributed by atoms with E-state index in [0.29, 0.717) is 39.4 Å². The zero-order valence-corrected chi connectivity index (χ0v) is 22.4. The van der Waals surface area contributed by atoms with Crippen LogP contribution in [0.3, 0.4) is 0 Å². The smallest absolute Gasteiger partial charge is 0.241 e. The van der Waals surface area contributed by atoms with Gasteiger partial charge in [0, 0.05) is 50.6 Å². The minimum absolute atomic E-state index is 0.0249. The molecule has 7 nitrogen and oxygen atoms in total. The van der Waals surface area contributed by atoms with Crippen LogP contribution in [0.5, 0.6) is 0 Å². The maximum Gasteiger partial charge on any atom is 0.241 e. The lowest BCUT2D eigenvalue weighted by molar-refractivity contribution is -0.129. The van der Waals surface area contributed by atoms with Crippen LogP contribution in [0.25, 0.3) is 10.9 Å². The molecule has 2 aromatic carbocycles. The molecule has 3 heterocycles. The van der Waals surface area contributed by atoms with E-state index in [1.807, 2.05) is 17.0 Å². The number of ether oxygens (including phenoxy) is 1. The average molecular weight is 546 g/mol. The summed E-state index contributed by atoms with van der Waals surface area (Å²) in [6.07, 6.45) is 3.18. The summed E-state index contributed by atoms with van der Waals surface area (Å²) in [5.74, 6) is 0.548. The molecule has 1 N–H and O–H groups in total. The maximum absolute atomic E-state index is 13.5. The van der Waals surface area contributed by atoms with Crippen LogP contribution < -0.4 is 5.32 Å². The van der Waals surface area contributed by atoms with Crippen molar-refractivity contribution in [3.63, 3.8) is 0 Å². The molecular formula is C27H30Cl2FN5O2. The Morgan fingerprint density at radius 1 is 1.16 bits per heavy atom. The second-order valence-electron chi connectivity index (χ2n) is 9.89. The molecule has 1 aromatic heterocycles. The van der Waals surface area contributed by atoms with Gasteiger partial charge >= 0.3 is 0 Å². The minimum Gasteiger partial charge on any atom is -0.373 e. The summed E-state index contributed by atoms with van der Waals surface area (Å²) in [4.78, 5) is 25.9. The van der Waals surface area contributed by atoms with Crippen LogP contribution >= 0.6 is 23.2 Å². The number of fused-ring (bicyclic) bond motifs is 1. The first-order valence-electron chi connectivity index (χ1n) is 12.5. The fourth-order valence-electron chi connectivity index (χ4n) is 5.79. The van der Waals surface area contributed by atoms with Crippen molar-refractivity contribution in [2.75, 3.05) is 45.2 Å². The van der Waals surface area contributed by atoms with Gasteiger partial charge in [-0.25, -0.2) is 14.4 Å². The largest absolute Gasteiger partial charge is 0.373 e. The van der Waals surface area contributed by atoms with E-state index in [1.54, 1.807) is 19.2 Å². The number of likely N-dealkylation sites (tertiary alicyclic amines) is 2. The molecule has 0 bridgehead atoms. The number of hydrogen-bond acceptors (Lipinski definition) is 6. The van der Waals surface area contributed by atoms with Gasteiger partial charge in [-0.3, -0.25) is 9.69 Å². The first-order valence-corrected chi connectivity index (χ1v) is 13.2. The third kappa shape index (κ3) is 5.12. The molecule has 5 rings (SSSR count). The highest BCUT2D eigenvalue weighted by atomic mass is 35.5. The molecule has 0 spiro atoms. The number of aromatic nitrogens is 2. The van der Waals surface area contributed by atoms with Crippen molar-refractivity contribution in [2.45, 2.75) is 31.4 Å². The van der Waals surface area contributed by atoms with Gasteiger partial charge in [-0.15, -0.1) is 0 Å². The zero-order chi connectivity index (χ0) is 26.2. The molecule has 3 aromatic rings. The van der Waals surface area contributed by atoms with Crippen molar-refractivity contribution in [3.05, 3.63) is 64.2 Å². The molecule has 1 amide bonds. The van der Waals surface area contributed by atoms with E-state index in [0.717, 1.165) is 38.0 Å². The second kappa shape index (κ2) is 10.7. The van der Waals surface area contributed by atoms with Gasteiger partial charge in [0.05, 0.1) is 27.7 Å². The summed E-state index contributed by atoms with van der Waals surface area (Å²) in [5, 5.41) is 4.70. The maximum atomic E-state index is 13.5. The Balaban J connectivity index is 1.19. The number of nitrogens with one attached hydrogen (secondary N) is 1. The van der Waals surface area contributed by atoms with Gasteiger partial charge in [-0.2, -0.15) is 0 Å². The predicted molar refractivity (Wildman–Crippen MR) is 143 cm³/mol. The number of piperidine rings is 1. The predicted octanol–water partition coefficient (Wildman–Crippen LogP) is 4.97. The van der Waals surface area contributed by atoms with Crippen molar-refractivity contribution in [1.82, 2.24) is 19.8 Å². The van der Waals surface area contributed by atoms with E-state index in [9.17, 15) is 9.18 Å². The standard InChI is InChI=1S/C27H30Cl2FN5O2/c1-17-14-34(10-8-27(17,37-2)18-3-5-19(30)6-4-18)20-7-9-35(15-20)25(36)13-31-26-21-11-22(28)23(29)12-24(21)32-16-33-26/h3-6,11-12,16-17,20H,7-10,13-15H2,1-2H3,(H,31,32,33). The number of halogens is 3. The third-order valence-corrected chi connectivity index (χ3v) is 8.61. The fraction of sp³-hybridized carbons (Fsp3) is 0.444. The van der Waals surface area contributed by atoms with Gasteiger partial charge in [0.15, 0.2) is 0 Å². The van der Waals surface area contributed by atoms with Crippen molar-refractivity contribution >= 4 is 45.8 Å². The highest BCUT2D eigenvalue weighted by Gasteiger charge is 2.44. The van der Waals surface area contributed by atoms with Gasteiger partial charge in [-0.1, -0.05) is 42.3 Å². The molecule has 2 aliphatic heterocycles. The van der Waals surface area contributed by atoms with Crippen LogP contribution in [-0.2, 0) is 15.1 Å². The molecule has 0 saturated carbocycles. The minimum atomic E-state index is -0.435. The Morgan fingerprint density at radius 3 is 2.65 bits per heavy atom. The van der Waals surface area contributed by atoms with Crippen LogP contribution in [0.15, 0.2) is 42.7 Å². The van der Waals surface area contributed by atoms with Crippen molar-refractivity contribution in [3.8, 4) is 0 Å². The third-order valence-electron chi connectivity index (χ3n) is 7.89. The van der Waals surface area contributed by atoms with Crippen molar-refractivity contribution in [2.24, 2.45) is 5.92 Å². The van der Waals surface area contributed by atoms with Gasteiger partial charge in [-0.05, 0) is 42.7 Å². The molecule has 3 atom stereocenters. The molecule has 10 heteroatoms. The van der Waals surface area contributed by atoms with Gasteiger partial charge in [0.1, 0.15) is 18.0 Å². The van der Waals surface area contributed by atoms with Crippen LogP contribution in [0.2, 0.25) is 10.0 Å². The van der Waals surface area contributed by atoms with E-state index < -0.39 is 5.60 Å². The Hall–Kier alpha value is -2.52. The Labute approximate surface area is 225 Å². The number of carbonyl (C=O) groups excluding carboxylic acids is 1. The van der Waals surface area contributed by atoms with Crippen LogP contribution in [-0.4, -0.2) is 71.6 Å². The van der Waals surface area contributed by atoms with Crippen LogP contribution in [0.1, 0.15) is 25.3 Å². The first-order chi connectivity index (χ1) is 17.8. The molecule has 0 aliphatic carbocycles. The lowest BCUT2D eigenvalue weighted by Crippen LogP contribution is -2.53. The Morgan fingerprint density at radius 2 is 1.92 bits per heavy atom. The Kier molecular flexibility index (Phi) is 7.54. The molecule has 0 radical (unpaired) electrons. The molecule has 37 heavy (non-hydrogen) atoms. The van der Waals surface area contributed by atoms with E-state index in [1.165, 1.54) is 18.5 Å². The average Bonchev–Trinajstić information content (AvgIpc) is 3.39. The lowest BCUT2D eigenvalue weighted by atomic mass is 9.76. The number of amides is 1. The number of methoxy groups -OCH3 is 1. The highest BCUT2D eigenvalue weighted by Crippen LogP contribution is 2.41. The zero-order valence-electron chi connectivity index (χ0n) is 20.9. The van der Waals surface area contributed by atoms with Crippen LogP contribution in [0.4, 0.5) is 10.2 Å². The summed E-state index contributed by atoms with van der Waals surface area (Å²) in [6, 6.07) is 10.4. The fourth-order valence-corrected chi connectivity index (χ4v) is 6.11. The molecule has 2 saturated heterocycles. The SMILES string of the molecule is COC1(c2ccc(F)cc2)CCN(C2CCN(C(=O)CNc3ncnc4cc(Cl)c(Cl)cc34)C2)CC1C. The summed E-state index contributed by atoms with van der Waals surface area (Å²) >= 11 is 12.3. The van der Waals surface area contributed by atoms with Gasteiger partial charge in [0.25, 0.3) is 0 Å². The van der Waals surface area contributed by atoms with E-state index >= 15 is 0 Å². The molecular weight excluding hydrogens is 516 g/mol. The summed E-state index contributed by atoms with van der Waals surface area (Å²) in [6.45, 7) is 5.44. The topological polar surface area (TPSA) is 70.6 Å². The Bertz CT molecular complexity index is 1290. The molecule has 2 aliphatic rings. The quantitative estimate of drug-likeness (QED) is 0.471. The number of carbonyl (C=O) groups is 1. The number of nitrogens with zero attached hydrogens (tertiary/aromatic N) is 4. The molecule has 196 valence electrons. The number of anilines is 1. The van der Waals surface area contributed by atoms with E-state index in [4.69, 9.17) is 27.9 Å². The van der Waals surface area contributed by atoms with E-state index in [2.05, 4.69) is 27.1 Å². The highest BCUT2D eigenvalue weighted by molar-refractivity contribution is 6.42. The number of rotatable bonds is 6. The summed E-state index contributed by atoms with van der Waals surface area (Å²) in [7, 11) is 1.74. The monoisotopic (exact) mass is 545 g/mol. The second-order valence-corrected chi connectivity index (χ2v) is 10.7. The van der Waals surface area contributed by atoms with Gasteiger partial charge in [0.2, 0.25) is 5.91 Å².